The van der Waals surface area contributed by atoms with Gasteiger partial charge in [0.25, 0.3) is 5.91 Å². The number of nitrogens with zero attached hydrogens (tertiary/aromatic N) is 1. The van der Waals surface area contributed by atoms with Crippen molar-refractivity contribution in [1.29, 1.82) is 0 Å². The molecule has 2 rings (SSSR count). The third-order valence-electron chi connectivity index (χ3n) is 3.15. The van der Waals surface area contributed by atoms with Crippen LogP contribution in [0.5, 0.6) is 0 Å². The minimum Gasteiger partial charge on any atom is -0.317 e. The van der Waals surface area contributed by atoms with Crippen LogP contribution in [0.3, 0.4) is 0 Å². The smallest absolute Gasteiger partial charge is 0.257 e. The van der Waals surface area contributed by atoms with Crippen molar-refractivity contribution in [3.63, 3.8) is 0 Å². The summed E-state index contributed by atoms with van der Waals surface area (Å²) in [6.07, 6.45) is 5.04. The van der Waals surface area contributed by atoms with Gasteiger partial charge in [0.2, 0.25) is 0 Å². The summed E-state index contributed by atoms with van der Waals surface area (Å²) in [5, 5.41) is 5.84. The number of nitrogens with one attached hydrogen (secondary N) is 2. The summed E-state index contributed by atoms with van der Waals surface area (Å²) in [6.45, 7) is 2.16. The summed E-state index contributed by atoms with van der Waals surface area (Å²) in [5.41, 5.74) is 1.77. The SMILES string of the molecule is CCCCc1ccnc(NC(=S)NC(=O)c2ccccc2)c1.[Ar]. The van der Waals surface area contributed by atoms with Gasteiger partial charge in [0.1, 0.15) is 5.82 Å². The maximum atomic E-state index is 12.0. The Morgan fingerprint density at radius 3 is 2.65 bits per heavy atom. The molecule has 0 radical (unpaired) electrons. The van der Waals surface area contributed by atoms with Crippen LogP contribution in [0.2, 0.25) is 0 Å². The van der Waals surface area contributed by atoms with Crippen molar-refractivity contribution >= 4 is 29.1 Å². The number of rotatable bonds is 5. The Balaban J connectivity index is 0.00000264. The van der Waals surface area contributed by atoms with E-state index in [9.17, 15) is 4.79 Å². The molecule has 0 unspecified atom stereocenters. The fourth-order valence-corrected chi connectivity index (χ4v) is 2.19. The second kappa shape index (κ2) is 10.7. The molecule has 2 N–H and O–H groups in total. The average Bonchev–Trinajstić information content (AvgIpc) is 2.54. The monoisotopic (exact) mass is 353 g/mol. The number of thiocarbonyl (C=S) groups is 1. The van der Waals surface area contributed by atoms with Crippen LogP contribution < -0.4 is 10.6 Å². The van der Waals surface area contributed by atoms with E-state index in [0.717, 1.165) is 19.3 Å². The van der Waals surface area contributed by atoms with Crippen molar-refractivity contribution in [1.82, 2.24) is 10.3 Å². The first-order valence-electron chi connectivity index (χ1n) is 7.31. The molecule has 122 valence electrons. The minimum absolute atomic E-state index is 0. The fourth-order valence-electron chi connectivity index (χ4n) is 1.99. The Morgan fingerprint density at radius 2 is 1.96 bits per heavy atom. The van der Waals surface area contributed by atoms with Gasteiger partial charge in [-0.1, -0.05) is 31.5 Å². The number of pyridine rings is 1. The molecule has 4 nitrogen and oxygen atoms in total. The van der Waals surface area contributed by atoms with E-state index in [0.29, 0.717) is 11.4 Å². The third-order valence-corrected chi connectivity index (χ3v) is 3.35. The van der Waals surface area contributed by atoms with Crippen molar-refractivity contribution in [2.75, 3.05) is 5.32 Å². The molecule has 0 bridgehead atoms. The first-order chi connectivity index (χ1) is 10.7. The average molecular weight is 353 g/mol. The van der Waals surface area contributed by atoms with Gasteiger partial charge in [0.05, 0.1) is 0 Å². The number of aryl methyl sites for hydroxylation is 1. The van der Waals surface area contributed by atoms with Gasteiger partial charge in [0, 0.05) is 49.5 Å². The first-order valence-corrected chi connectivity index (χ1v) is 7.72. The fraction of sp³-hybridized carbons (Fsp3) is 0.235. The van der Waals surface area contributed by atoms with Gasteiger partial charge in [-0.05, 0) is 54.9 Å². The summed E-state index contributed by atoms with van der Waals surface area (Å²) in [6, 6.07) is 12.9. The van der Waals surface area contributed by atoms with Crippen LogP contribution in [0.25, 0.3) is 0 Å². The van der Waals surface area contributed by atoms with Crippen molar-refractivity contribution in [3.8, 4) is 0 Å². The number of amides is 1. The number of hydrogen-bond acceptors (Lipinski definition) is 3. The van der Waals surface area contributed by atoms with Crippen LogP contribution in [0, 0.1) is 37.7 Å². The van der Waals surface area contributed by atoms with E-state index in [2.05, 4.69) is 22.5 Å². The van der Waals surface area contributed by atoms with Gasteiger partial charge in [-0.3, -0.25) is 10.1 Å². The van der Waals surface area contributed by atoms with Crippen LogP contribution in [-0.2, 0) is 6.42 Å². The Labute approximate surface area is 172 Å². The molecule has 0 saturated heterocycles. The molecular formula is C17H19ArN3OS. The predicted octanol–water partition coefficient (Wildman–Crippen LogP) is 3.55. The molecule has 0 aliphatic carbocycles. The summed E-state index contributed by atoms with van der Waals surface area (Å²) >= 11 is 5.16. The summed E-state index contributed by atoms with van der Waals surface area (Å²) in [7, 11) is 0. The summed E-state index contributed by atoms with van der Waals surface area (Å²) < 4.78 is 0. The first kappa shape index (κ1) is 20.0. The second-order valence-electron chi connectivity index (χ2n) is 4.93. The van der Waals surface area contributed by atoms with E-state index in [1.54, 1.807) is 18.3 Å². The Morgan fingerprint density at radius 1 is 1.22 bits per heavy atom. The largest absolute Gasteiger partial charge is 0.317 e. The Bertz CT molecular complexity index is 649. The van der Waals surface area contributed by atoms with Gasteiger partial charge in [-0.15, -0.1) is 0 Å². The van der Waals surface area contributed by atoms with E-state index in [-0.39, 0.29) is 48.8 Å². The zero-order chi connectivity index (χ0) is 15.8. The summed E-state index contributed by atoms with van der Waals surface area (Å²) in [4.78, 5) is 16.2. The van der Waals surface area contributed by atoms with E-state index in [4.69, 9.17) is 12.2 Å². The maximum absolute atomic E-state index is 12.0. The zero-order valence-corrected chi connectivity index (χ0v) is 14.4. The molecule has 1 heterocycles. The van der Waals surface area contributed by atoms with Crippen LogP contribution in [0.1, 0.15) is 35.7 Å². The molecule has 23 heavy (non-hydrogen) atoms. The van der Waals surface area contributed by atoms with Crippen LogP contribution >= 0.6 is 12.2 Å². The molecule has 0 fully saturated rings. The Hall–Kier alpha value is -1.01. The molecule has 1 aromatic carbocycles. The van der Waals surface area contributed by atoms with Crippen molar-refractivity contribution in [2.45, 2.75) is 26.2 Å². The zero-order valence-electron chi connectivity index (χ0n) is 12.9. The number of benzene rings is 1. The standard InChI is InChI=1S/C17H19N3OS.Ar/c1-2-3-7-13-10-11-18-15(12-13)19-17(22)20-16(21)14-8-5-4-6-9-14;/h4-6,8-12H,2-3,7H2,1H3,(H2,18,19,20,21,22);. The van der Waals surface area contributed by atoms with Gasteiger partial charge in [0.15, 0.2) is 5.11 Å². The topological polar surface area (TPSA) is 54.0 Å². The van der Waals surface area contributed by atoms with Gasteiger partial charge >= 0.3 is 0 Å². The molecule has 0 saturated carbocycles. The molecule has 0 atom stereocenters. The Kier molecular flexibility index (Phi) is 9.33. The number of aromatic nitrogens is 1. The third kappa shape index (κ3) is 6.95. The predicted molar refractivity (Wildman–Crippen MR) is 93.0 cm³/mol. The number of hydrogen-bond donors (Lipinski definition) is 2. The number of carbonyl (C=O) groups excluding carboxylic acids is 1. The molecule has 0 aliphatic rings. The molecule has 0 spiro atoms. The van der Waals surface area contributed by atoms with Gasteiger partial charge in [-0.25, -0.2) is 4.98 Å². The van der Waals surface area contributed by atoms with Crippen molar-refractivity contribution in [3.05, 3.63) is 59.8 Å². The maximum Gasteiger partial charge on any atom is 0.257 e. The van der Waals surface area contributed by atoms with Crippen molar-refractivity contribution < 1.29 is 42.5 Å². The van der Waals surface area contributed by atoms with E-state index in [1.165, 1.54) is 5.56 Å². The quantitative estimate of drug-likeness (QED) is 0.807. The minimum atomic E-state index is -0.236. The summed E-state index contributed by atoms with van der Waals surface area (Å²) in [5.74, 6) is 0.409. The van der Waals surface area contributed by atoms with Crippen LogP contribution in [0.4, 0.5) is 5.82 Å². The van der Waals surface area contributed by atoms with E-state index >= 15 is 0 Å². The molecule has 2 aromatic rings. The molecule has 1 amide bonds. The van der Waals surface area contributed by atoms with E-state index in [1.807, 2.05) is 30.3 Å². The second-order valence-corrected chi connectivity index (χ2v) is 5.34. The van der Waals surface area contributed by atoms with Crippen LogP contribution in [0.15, 0.2) is 48.7 Å². The molecular weight excluding hydrogens is 334 g/mol. The van der Waals surface area contributed by atoms with Gasteiger partial charge < -0.3 is 5.32 Å². The van der Waals surface area contributed by atoms with Crippen molar-refractivity contribution in [2.24, 2.45) is 0 Å². The number of carbonyl (C=O) groups is 1. The van der Waals surface area contributed by atoms with Gasteiger partial charge in [-0.2, -0.15) is 0 Å². The van der Waals surface area contributed by atoms with E-state index < -0.39 is 0 Å². The molecule has 1 aromatic heterocycles. The number of unbranched alkanes of at least 4 members (excludes halogenated alkanes) is 1. The number of anilines is 1. The van der Waals surface area contributed by atoms with Crippen LogP contribution in [-0.4, -0.2) is 16.0 Å². The normalized spacial score (nSPS) is 9.61. The molecule has 0 aliphatic heterocycles. The molecule has 6 heteroatoms.